The summed E-state index contributed by atoms with van der Waals surface area (Å²) in [6.45, 7) is 3.64. The van der Waals surface area contributed by atoms with Crippen LogP contribution in [-0.2, 0) is 16.0 Å². The fourth-order valence-electron chi connectivity index (χ4n) is 3.49. The van der Waals surface area contributed by atoms with Gasteiger partial charge in [-0.05, 0) is 49.1 Å². The van der Waals surface area contributed by atoms with E-state index >= 15 is 0 Å². The summed E-state index contributed by atoms with van der Waals surface area (Å²) in [5, 5.41) is 0. The fraction of sp³-hybridized carbons (Fsp3) is 0.647. The summed E-state index contributed by atoms with van der Waals surface area (Å²) in [5.41, 5.74) is 1.60. The number of amides is 1. The lowest BCUT2D eigenvalue weighted by Crippen LogP contribution is -2.45. The third-order valence-electron chi connectivity index (χ3n) is 5.08. The maximum Gasteiger partial charge on any atom is 0.222 e. The minimum atomic E-state index is 0.292. The molecule has 3 rings (SSSR count). The van der Waals surface area contributed by atoms with Crippen molar-refractivity contribution in [3.05, 3.63) is 30.1 Å². The Kier molecular flexibility index (Phi) is 4.54. The summed E-state index contributed by atoms with van der Waals surface area (Å²) in [6.07, 6.45) is 9.65. The number of pyridine rings is 1. The average molecular weight is 288 g/mol. The Morgan fingerprint density at radius 2 is 2.00 bits per heavy atom. The lowest BCUT2D eigenvalue weighted by Gasteiger charge is -2.44. The van der Waals surface area contributed by atoms with Gasteiger partial charge < -0.3 is 9.64 Å². The van der Waals surface area contributed by atoms with Gasteiger partial charge in [-0.15, -0.1) is 0 Å². The summed E-state index contributed by atoms with van der Waals surface area (Å²) in [6, 6.07) is 3.96. The molecule has 1 spiro atoms. The van der Waals surface area contributed by atoms with Crippen molar-refractivity contribution in [3.63, 3.8) is 0 Å². The predicted molar refractivity (Wildman–Crippen MR) is 80.9 cm³/mol. The lowest BCUT2D eigenvalue weighted by atomic mass is 9.72. The number of carbonyl (C=O) groups excluding carboxylic acids is 1. The van der Waals surface area contributed by atoms with Crippen LogP contribution in [0.3, 0.4) is 0 Å². The number of rotatable bonds is 3. The zero-order chi connectivity index (χ0) is 14.5. The monoisotopic (exact) mass is 288 g/mol. The lowest BCUT2D eigenvalue weighted by molar-refractivity contribution is -0.134. The number of piperidine rings is 1. The SMILES string of the molecule is O=C(CCc1cccnc1)N1CCC2(CCOCC2)CC1. The van der Waals surface area contributed by atoms with Crippen LogP contribution in [0.4, 0.5) is 0 Å². The molecule has 2 aliphatic rings. The van der Waals surface area contributed by atoms with Crippen molar-refractivity contribution < 1.29 is 9.53 Å². The van der Waals surface area contributed by atoms with Crippen molar-refractivity contribution in [2.75, 3.05) is 26.3 Å². The topological polar surface area (TPSA) is 42.4 Å². The molecule has 1 amide bonds. The molecular weight excluding hydrogens is 264 g/mol. The molecule has 1 aromatic rings. The number of nitrogens with zero attached hydrogens (tertiary/aromatic N) is 2. The van der Waals surface area contributed by atoms with Crippen molar-refractivity contribution in [1.82, 2.24) is 9.88 Å². The first-order chi connectivity index (χ1) is 10.3. The van der Waals surface area contributed by atoms with Crippen LogP contribution in [0.5, 0.6) is 0 Å². The van der Waals surface area contributed by atoms with E-state index in [2.05, 4.69) is 9.88 Å². The van der Waals surface area contributed by atoms with Gasteiger partial charge >= 0.3 is 0 Å². The van der Waals surface area contributed by atoms with Gasteiger partial charge in [0.15, 0.2) is 0 Å². The highest BCUT2D eigenvalue weighted by atomic mass is 16.5. The van der Waals surface area contributed by atoms with Gasteiger partial charge in [-0.2, -0.15) is 0 Å². The fourth-order valence-corrected chi connectivity index (χ4v) is 3.49. The molecule has 4 nitrogen and oxygen atoms in total. The molecule has 2 saturated heterocycles. The number of hydrogen-bond donors (Lipinski definition) is 0. The molecule has 0 bridgehead atoms. The molecule has 4 heteroatoms. The zero-order valence-electron chi connectivity index (χ0n) is 12.6. The van der Waals surface area contributed by atoms with E-state index in [1.165, 1.54) is 12.8 Å². The Bertz CT molecular complexity index is 459. The second kappa shape index (κ2) is 6.56. The second-order valence-corrected chi connectivity index (χ2v) is 6.35. The Balaban J connectivity index is 1.46. The molecule has 2 aliphatic heterocycles. The molecule has 0 radical (unpaired) electrons. The molecule has 21 heavy (non-hydrogen) atoms. The third kappa shape index (κ3) is 3.62. The first-order valence-electron chi connectivity index (χ1n) is 8.02. The van der Waals surface area contributed by atoms with Crippen LogP contribution in [0.2, 0.25) is 0 Å². The molecule has 0 saturated carbocycles. The van der Waals surface area contributed by atoms with Gasteiger partial charge in [0, 0.05) is 45.1 Å². The van der Waals surface area contributed by atoms with Gasteiger partial charge in [-0.25, -0.2) is 0 Å². The summed E-state index contributed by atoms with van der Waals surface area (Å²) in [5.74, 6) is 0.292. The van der Waals surface area contributed by atoms with Gasteiger partial charge in [0.25, 0.3) is 0 Å². The quantitative estimate of drug-likeness (QED) is 0.858. The molecule has 114 valence electrons. The van der Waals surface area contributed by atoms with E-state index in [4.69, 9.17) is 4.74 Å². The van der Waals surface area contributed by atoms with E-state index in [-0.39, 0.29) is 0 Å². The molecule has 3 heterocycles. The maximum atomic E-state index is 12.3. The number of carbonyl (C=O) groups is 1. The number of ether oxygens (including phenoxy) is 1. The molecule has 0 unspecified atom stereocenters. The minimum absolute atomic E-state index is 0.292. The Labute approximate surface area is 126 Å². The van der Waals surface area contributed by atoms with Crippen molar-refractivity contribution in [2.45, 2.75) is 38.5 Å². The third-order valence-corrected chi connectivity index (χ3v) is 5.08. The first kappa shape index (κ1) is 14.5. The first-order valence-corrected chi connectivity index (χ1v) is 8.02. The van der Waals surface area contributed by atoms with Gasteiger partial charge in [-0.3, -0.25) is 9.78 Å². The predicted octanol–water partition coefficient (Wildman–Crippen LogP) is 2.43. The van der Waals surface area contributed by atoms with Crippen LogP contribution >= 0.6 is 0 Å². The van der Waals surface area contributed by atoms with E-state index < -0.39 is 0 Å². The Morgan fingerprint density at radius 1 is 1.24 bits per heavy atom. The largest absolute Gasteiger partial charge is 0.381 e. The summed E-state index contributed by atoms with van der Waals surface area (Å²) < 4.78 is 5.47. The van der Waals surface area contributed by atoms with E-state index in [0.717, 1.165) is 51.1 Å². The summed E-state index contributed by atoms with van der Waals surface area (Å²) >= 11 is 0. The van der Waals surface area contributed by atoms with Crippen LogP contribution in [0.25, 0.3) is 0 Å². The van der Waals surface area contributed by atoms with Crippen LogP contribution in [0, 0.1) is 5.41 Å². The smallest absolute Gasteiger partial charge is 0.222 e. The highest BCUT2D eigenvalue weighted by Crippen LogP contribution is 2.40. The van der Waals surface area contributed by atoms with E-state index in [9.17, 15) is 4.79 Å². The maximum absolute atomic E-state index is 12.3. The Hall–Kier alpha value is -1.42. The summed E-state index contributed by atoms with van der Waals surface area (Å²) in [4.78, 5) is 18.5. The highest BCUT2D eigenvalue weighted by Gasteiger charge is 2.36. The van der Waals surface area contributed by atoms with Crippen LogP contribution in [0.1, 0.15) is 37.7 Å². The van der Waals surface area contributed by atoms with Gasteiger partial charge in [-0.1, -0.05) is 6.07 Å². The molecule has 1 aromatic heterocycles. The normalized spacial score (nSPS) is 21.4. The van der Waals surface area contributed by atoms with Crippen molar-refractivity contribution >= 4 is 5.91 Å². The van der Waals surface area contributed by atoms with Crippen LogP contribution in [-0.4, -0.2) is 42.1 Å². The van der Waals surface area contributed by atoms with Crippen LogP contribution in [0.15, 0.2) is 24.5 Å². The number of aromatic nitrogens is 1. The number of likely N-dealkylation sites (tertiary alicyclic amines) is 1. The average Bonchev–Trinajstić information content (AvgIpc) is 2.55. The standard InChI is InChI=1S/C17H24N2O2/c20-16(4-3-15-2-1-9-18-14-15)19-10-5-17(6-11-19)7-12-21-13-8-17/h1-2,9,14H,3-8,10-13H2. The molecule has 2 fully saturated rings. The van der Waals surface area contributed by atoms with Crippen LogP contribution < -0.4 is 0 Å². The molecule has 0 aliphatic carbocycles. The Morgan fingerprint density at radius 3 is 2.67 bits per heavy atom. The minimum Gasteiger partial charge on any atom is -0.381 e. The second-order valence-electron chi connectivity index (χ2n) is 6.35. The van der Waals surface area contributed by atoms with E-state index in [0.29, 0.717) is 17.7 Å². The zero-order valence-corrected chi connectivity index (χ0v) is 12.6. The number of hydrogen-bond acceptors (Lipinski definition) is 3. The molecule has 0 N–H and O–H groups in total. The van der Waals surface area contributed by atoms with Gasteiger partial charge in [0.1, 0.15) is 0 Å². The van der Waals surface area contributed by atoms with Crippen molar-refractivity contribution in [2.24, 2.45) is 5.41 Å². The van der Waals surface area contributed by atoms with Gasteiger partial charge in [0.05, 0.1) is 0 Å². The summed E-state index contributed by atoms with van der Waals surface area (Å²) in [7, 11) is 0. The highest BCUT2D eigenvalue weighted by molar-refractivity contribution is 5.76. The van der Waals surface area contributed by atoms with Gasteiger partial charge in [0.2, 0.25) is 5.91 Å². The van der Waals surface area contributed by atoms with Crippen molar-refractivity contribution in [1.29, 1.82) is 0 Å². The molecular formula is C17H24N2O2. The number of aryl methyl sites for hydroxylation is 1. The van der Waals surface area contributed by atoms with Crippen molar-refractivity contribution in [3.8, 4) is 0 Å². The van der Waals surface area contributed by atoms with E-state index in [1.54, 1.807) is 6.20 Å². The molecule has 0 aromatic carbocycles. The van der Waals surface area contributed by atoms with E-state index in [1.807, 2.05) is 18.3 Å². The molecule has 0 atom stereocenters.